The number of hydrogen-bond donors (Lipinski definition) is 0. The highest BCUT2D eigenvalue weighted by molar-refractivity contribution is 5.48. The molecule has 0 N–H and O–H groups in total. The molecule has 1 aliphatic rings. The minimum atomic E-state index is -0.493. The molecule has 72 valence electrons. The van der Waals surface area contributed by atoms with E-state index in [9.17, 15) is 4.39 Å². The van der Waals surface area contributed by atoms with Gasteiger partial charge in [-0.05, 0) is 31.0 Å². The molecule has 1 saturated carbocycles. The van der Waals surface area contributed by atoms with Gasteiger partial charge in [0, 0.05) is 5.56 Å². The predicted molar refractivity (Wildman–Crippen MR) is 49.5 cm³/mol. The fourth-order valence-corrected chi connectivity index (χ4v) is 1.62. The number of nitrogens with zero attached hydrogens (tertiary/aromatic N) is 1. The zero-order valence-electron chi connectivity index (χ0n) is 7.88. The number of methoxy groups -OCH3 is 1. The van der Waals surface area contributed by atoms with Crippen LogP contribution in [0.2, 0.25) is 0 Å². The lowest BCUT2D eigenvalue weighted by atomic mass is 9.96. The third kappa shape index (κ3) is 1.24. The SMILES string of the molecule is COc1ccc(F)cc1C1(C#N)CC1. The van der Waals surface area contributed by atoms with Crippen molar-refractivity contribution in [1.29, 1.82) is 5.26 Å². The maximum atomic E-state index is 13.0. The quantitative estimate of drug-likeness (QED) is 0.719. The Labute approximate surface area is 81.9 Å². The molecule has 1 fully saturated rings. The molecule has 1 aromatic carbocycles. The van der Waals surface area contributed by atoms with Crippen LogP contribution in [0.3, 0.4) is 0 Å². The van der Waals surface area contributed by atoms with E-state index < -0.39 is 5.41 Å². The second kappa shape index (κ2) is 2.98. The molecule has 0 heterocycles. The van der Waals surface area contributed by atoms with Crippen molar-refractivity contribution < 1.29 is 9.13 Å². The van der Waals surface area contributed by atoms with Crippen LogP contribution in [0.5, 0.6) is 5.75 Å². The molecule has 2 rings (SSSR count). The van der Waals surface area contributed by atoms with E-state index in [0.29, 0.717) is 11.3 Å². The number of benzene rings is 1. The zero-order chi connectivity index (χ0) is 10.2. The molecular formula is C11H10FNO. The lowest BCUT2D eigenvalue weighted by Gasteiger charge is -2.11. The third-order valence-corrected chi connectivity index (χ3v) is 2.64. The molecule has 0 aliphatic heterocycles. The van der Waals surface area contributed by atoms with Crippen LogP contribution in [0.4, 0.5) is 4.39 Å². The average Bonchev–Trinajstić information content (AvgIpc) is 2.98. The first-order valence-corrected chi connectivity index (χ1v) is 4.47. The van der Waals surface area contributed by atoms with Crippen molar-refractivity contribution in [3.63, 3.8) is 0 Å². The summed E-state index contributed by atoms with van der Waals surface area (Å²) in [6.07, 6.45) is 1.59. The van der Waals surface area contributed by atoms with Crippen LogP contribution in [-0.2, 0) is 5.41 Å². The van der Waals surface area contributed by atoms with Gasteiger partial charge in [0.2, 0.25) is 0 Å². The van der Waals surface area contributed by atoms with Gasteiger partial charge in [0.1, 0.15) is 11.6 Å². The van der Waals surface area contributed by atoms with Crippen LogP contribution < -0.4 is 4.74 Å². The van der Waals surface area contributed by atoms with E-state index in [1.54, 1.807) is 6.07 Å². The third-order valence-electron chi connectivity index (χ3n) is 2.64. The number of rotatable bonds is 2. The second-order valence-corrected chi connectivity index (χ2v) is 3.54. The smallest absolute Gasteiger partial charge is 0.123 e. The van der Waals surface area contributed by atoms with Gasteiger partial charge in [-0.2, -0.15) is 5.26 Å². The Hall–Kier alpha value is -1.56. The van der Waals surface area contributed by atoms with E-state index in [2.05, 4.69) is 6.07 Å². The first-order chi connectivity index (χ1) is 6.72. The Morgan fingerprint density at radius 1 is 1.50 bits per heavy atom. The van der Waals surface area contributed by atoms with Crippen molar-refractivity contribution in [3.05, 3.63) is 29.6 Å². The molecule has 0 bridgehead atoms. The molecule has 0 atom stereocenters. The van der Waals surface area contributed by atoms with Crippen molar-refractivity contribution in [1.82, 2.24) is 0 Å². The fraction of sp³-hybridized carbons (Fsp3) is 0.364. The van der Waals surface area contributed by atoms with Gasteiger partial charge in [0.05, 0.1) is 18.6 Å². The Morgan fingerprint density at radius 2 is 2.21 bits per heavy atom. The Kier molecular flexibility index (Phi) is 1.92. The van der Waals surface area contributed by atoms with E-state index in [4.69, 9.17) is 10.00 Å². The molecule has 3 heteroatoms. The lowest BCUT2D eigenvalue weighted by Crippen LogP contribution is -2.05. The van der Waals surface area contributed by atoms with Crippen molar-refractivity contribution >= 4 is 0 Å². The first kappa shape index (κ1) is 9.01. The largest absolute Gasteiger partial charge is 0.496 e. The summed E-state index contributed by atoms with van der Waals surface area (Å²) in [7, 11) is 1.53. The van der Waals surface area contributed by atoms with Crippen LogP contribution in [-0.4, -0.2) is 7.11 Å². The second-order valence-electron chi connectivity index (χ2n) is 3.54. The Balaban J connectivity index is 2.51. The average molecular weight is 191 g/mol. The molecule has 0 saturated heterocycles. The minimum Gasteiger partial charge on any atom is -0.496 e. The number of hydrogen-bond acceptors (Lipinski definition) is 2. The van der Waals surface area contributed by atoms with Crippen molar-refractivity contribution in [3.8, 4) is 11.8 Å². The van der Waals surface area contributed by atoms with Crippen LogP contribution in [0.25, 0.3) is 0 Å². The lowest BCUT2D eigenvalue weighted by molar-refractivity contribution is 0.406. The van der Waals surface area contributed by atoms with Crippen LogP contribution >= 0.6 is 0 Å². The molecule has 0 amide bonds. The van der Waals surface area contributed by atoms with Crippen molar-refractivity contribution in [2.75, 3.05) is 7.11 Å². The summed E-state index contributed by atoms with van der Waals surface area (Å²) in [5.41, 5.74) is 0.190. The highest BCUT2D eigenvalue weighted by Crippen LogP contribution is 2.50. The van der Waals surface area contributed by atoms with Crippen molar-refractivity contribution in [2.24, 2.45) is 0 Å². The highest BCUT2D eigenvalue weighted by atomic mass is 19.1. The van der Waals surface area contributed by atoms with E-state index >= 15 is 0 Å². The fourth-order valence-electron chi connectivity index (χ4n) is 1.62. The summed E-state index contributed by atoms with van der Waals surface area (Å²) < 4.78 is 18.1. The number of ether oxygens (including phenoxy) is 1. The molecule has 0 aromatic heterocycles. The number of nitriles is 1. The molecular weight excluding hydrogens is 181 g/mol. The van der Waals surface area contributed by atoms with Crippen molar-refractivity contribution in [2.45, 2.75) is 18.3 Å². The van der Waals surface area contributed by atoms with E-state index in [0.717, 1.165) is 12.8 Å². The monoisotopic (exact) mass is 191 g/mol. The number of halogens is 1. The molecule has 2 nitrogen and oxygen atoms in total. The van der Waals surface area contributed by atoms with Gasteiger partial charge in [-0.25, -0.2) is 4.39 Å². The van der Waals surface area contributed by atoms with Crippen LogP contribution in [0, 0.1) is 17.1 Å². The molecule has 0 radical (unpaired) electrons. The summed E-state index contributed by atoms with van der Waals surface area (Å²) in [6.45, 7) is 0. The Morgan fingerprint density at radius 3 is 2.71 bits per heavy atom. The van der Waals surface area contributed by atoms with E-state index in [1.165, 1.54) is 19.2 Å². The van der Waals surface area contributed by atoms with Gasteiger partial charge >= 0.3 is 0 Å². The normalized spacial score (nSPS) is 17.2. The maximum Gasteiger partial charge on any atom is 0.123 e. The van der Waals surface area contributed by atoms with Gasteiger partial charge in [-0.15, -0.1) is 0 Å². The molecule has 1 aliphatic carbocycles. The minimum absolute atomic E-state index is 0.317. The molecule has 1 aromatic rings. The van der Waals surface area contributed by atoms with Crippen LogP contribution in [0.15, 0.2) is 18.2 Å². The van der Waals surface area contributed by atoms with Crippen LogP contribution in [0.1, 0.15) is 18.4 Å². The van der Waals surface area contributed by atoms with Gasteiger partial charge in [0.25, 0.3) is 0 Å². The molecule has 0 unspecified atom stereocenters. The summed E-state index contributed by atoms with van der Waals surface area (Å²) in [4.78, 5) is 0. The van der Waals surface area contributed by atoms with E-state index in [-0.39, 0.29) is 5.82 Å². The van der Waals surface area contributed by atoms with Gasteiger partial charge in [-0.1, -0.05) is 0 Å². The zero-order valence-corrected chi connectivity index (χ0v) is 7.88. The van der Waals surface area contributed by atoms with Gasteiger partial charge < -0.3 is 4.74 Å². The maximum absolute atomic E-state index is 13.0. The predicted octanol–water partition coefficient (Wildman–Crippen LogP) is 2.39. The molecule has 14 heavy (non-hydrogen) atoms. The topological polar surface area (TPSA) is 33.0 Å². The summed E-state index contributed by atoms with van der Waals surface area (Å²) >= 11 is 0. The van der Waals surface area contributed by atoms with E-state index in [1.807, 2.05) is 0 Å². The summed E-state index contributed by atoms with van der Waals surface area (Å²) in [5.74, 6) is 0.285. The standard InChI is InChI=1S/C11H10FNO/c1-14-10-3-2-8(12)6-9(10)11(7-13)4-5-11/h2-3,6H,4-5H2,1H3. The highest BCUT2D eigenvalue weighted by Gasteiger charge is 2.47. The van der Waals surface area contributed by atoms with Gasteiger partial charge in [0.15, 0.2) is 0 Å². The molecule has 0 spiro atoms. The Bertz CT molecular complexity index is 404. The first-order valence-electron chi connectivity index (χ1n) is 4.47. The summed E-state index contributed by atoms with van der Waals surface area (Å²) in [6, 6.07) is 6.54. The van der Waals surface area contributed by atoms with Gasteiger partial charge in [-0.3, -0.25) is 0 Å². The summed E-state index contributed by atoms with van der Waals surface area (Å²) in [5, 5.41) is 8.99.